The van der Waals surface area contributed by atoms with E-state index < -0.39 is 0 Å². The quantitative estimate of drug-likeness (QED) is 0.360. The van der Waals surface area contributed by atoms with Gasteiger partial charge in [0.2, 0.25) is 0 Å². The zero-order chi connectivity index (χ0) is 8.10. The molecule has 0 saturated heterocycles. The second-order valence-electron chi connectivity index (χ2n) is 2.88. The highest BCUT2D eigenvalue weighted by Gasteiger charge is 2.03. The molecule has 0 heterocycles. The van der Waals surface area contributed by atoms with E-state index in [0.29, 0.717) is 12.1 Å². The molecule has 0 unspecified atom stereocenters. The van der Waals surface area contributed by atoms with Crippen molar-refractivity contribution < 1.29 is 0 Å². The van der Waals surface area contributed by atoms with E-state index in [4.69, 9.17) is 5.41 Å². The van der Waals surface area contributed by atoms with Crippen LogP contribution in [-0.2, 0) is 0 Å². The Bertz CT molecular complexity index is 237. The van der Waals surface area contributed by atoms with Crippen LogP contribution < -0.4 is 0 Å². The predicted molar refractivity (Wildman–Crippen MR) is 47.7 cm³/mol. The summed E-state index contributed by atoms with van der Waals surface area (Å²) in [5.74, 6) is 6.02. The van der Waals surface area contributed by atoms with E-state index >= 15 is 0 Å². The molecule has 0 saturated carbocycles. The van der Waals surface area contributed by atoms with Crippen molar-refractivity contribution in [1.29, 1.82) is 5.41 Å². The van der Waals surface area contributed by atoms with Crippen molar-refractivity contribution in [2.24, 2.45) is 0 Å². The number of rotatable bonds is 3. The molecule has 0 aliphatic heterocycles. The summed E-state index contributed by atoms with van der Waals surface area (Å²) in [5, 5.41) is 7.11. The molecule has 0 spiro atoms. The Balaban J connectivity index is 2.02. The number of hydrogen-bond acceptors (Lipinski definition) is 1. The van der Waals surface area contributed by atoms with Gasteiger partial charge < -0.3 is 5.41 Å². The largest absolute Gasteiger partial charge is 0.309 e. The van der Waals surface area contributed by atoms with E-state index in [-0.39, 0.29) is 0 Å². The highest BCUT2D eigenvalue weighted by Crippen LogP contribution is 2.22. The molecule has 0 aromatic rings. The van der Waals surface area contributed by atoms with Gasteiger partial charge in [0.05, 0.1) is 0 Å². The van der Waals surface area contributed by atoms with Crippen molar-refractivity contribution >= 4 is 5.71 Å². The van der Waals surface area contributed by atoms with Crippen LogP contribution in [0.3, 0.4) is 0 Å². The van der Waals surface area contributed by atoms with E-state index in [1.807, 2.05) is 0 Å². The van der Waals surface area contributed by atoms with Gasteiger partial charge in [0.15, 0.2) is 0 Å². The lowest BCUT2D eigenvalue weighted by Gasteiger charge is -1.84. The van der Waals surface area contributed by atoms with Gasteiger partial charge in [-0.05, 0) is 19.8 Å². The molecule has 0 atom stereocenters. The predicted octanol–water partition coefficient (Wildman–Crippen LogP) is 2.53. The van der Waals surface area contributed by atoms with Crippen LogP contribution in [0.25, 0.3) is 0 Å². The fourth-order valence-corrected chi connectivity index (χ4v) is 0.783. The van der Waals surface area contributed by atoms with Gasteiger partial charge in [-0.3, -0.25) is 0 Å². The van der Waals surface area contributed by atoms with Crippen LogP contribution in [0.1, 0.15) is 32.6 Å². The van der Waals surface area contributed by atoms with Crippen molar-refractivity contribution in [3.05, 3.63) is 11.6 Å². The van der Waals surface area contributed by atoms with E-state index in [0.717, 1.165) is 12.8 Å². The van der Waals surface area contributed by atoms with E-state index in [9.17, 15) is 0 Å². The Morgan fingerprint density at radius 3 is 2.91 bits per heavy atom. The van der Waals surface area contributed by atoms with Gasteiger partial charge in [0.1, 0.15) is 0 Å². The third-order valence-corrected chi connectivity index (χ3v) is 1.54. The van der Waals surface area contributed by atoms with Crippen molar-refractivity contribution in [3.63, 3.8) is 0 Å². The lowest BCUT2D eigenvalue weighted by Crippen LogP contribution is -1.82. The van der Waals surface area contributed by atoms with Crippen molar-refractivity contribution in [2.75, 3.05) is 0 Å². The summed E-state index contributed by atoms with van der Waals surface area (Å²) in [7, 11) is 0. The minimum absolute atomic E-state index is 0.638. The summed E-state index contributed by atoms with van der Waals surface area (Å²) in [6.45, 7) is 1.79. The summed E-state index contributed by atoms with van der Waals surface area (Å²) in [5.41, 5.74) is 2.20. The van der Waals surface area contributed by atoms with Gasteiger partial charge in [0, 0.05) is 18.6 Å². The molecule has 11 heavy (non-hydrogen) atoms. The monoisotopic (exact) mass is 147 g/mol. The molecule has 0 radical (unpaired) electrons. The average Bonchev–Trinajstić information content (AvgIpc) is 2.70. The van der Waals surface area contributed by atoms with Crippen molar-refractivity contribution in [3.8, 4) is 11.8 Å². The Labute approximate surface area is 68.0 Å². The Morgan fingerprint density at radius 1 is 1.64 bits per heavy atom. The maximum Gasteiger partial charge on any atom is 0.0464 e. The summed E-state index contributed by atoms with van der Waals surface area (Å²) >= 11 is 0. The molecule has 0 aromatic heterocycles. The van der Waals surface area contributed by atoms with E-state index in [2.05, 4.69) is 17.9 Å². The van der Waals surface area contributed by atoms with Gasteiger partial charge in [-0.2, -0.15) is 0 Å². The van der Waals surface area contributed by atoms with Gasteiger partial charge in [-0.25, -0.2) is 0 Å². The molecule has 1 N–H and O–H groups in total. The van der Waals surface area contributed by atoms with Crippen LogP contribution in [0, 0.1) is 17.3 Å². The molecule has 1 rings (SSSR count). The number of allylic oxidation sites excluding steroid dienone is 2. The number of hydrogen-bond donors (Lipinski definition) is 1. The van der Waals surface area contributed by atoms with E-state index in [1.165, 1.54) is 6.42 Å². The second-order valence-corrected chi connectivity index (χ2v) is 2.88. The normalized spacial score (nSPS) is 13.0. The Morgan fingerprint density at radius 2 is 2.36 bits per heavy atom. The van der Waals surface area contributed by atoms with Gasteiger partial charge in [-0.1, -0.05) is 17.6 Å². The molecule has 0 bridgehead atoms. The van der Waals surface area contributed by atoms with E-state index in [1.54, 1.807) is 12.5 Å². The molecular formula is C10H13N. The molecule has 1 aliphatic rings. The first kappa shape index (κ1) is 8.07. The van der Waals surface area contributed by atoms with Crippen LogP contribution in [0.2, 0.25) is 0 Å². The smallest absolute Gasteiger partial charge is 0.0464 e. The Kier molecular flexibility index (Phi) is 2.92. The third-order valence-electron chi connectivity index (χ3n) is 1.54. The zero-order valence-corrected chi connectivity index (χ0v) is 6.91. The van der Waals surface area contributed by atoms with Crippen molar-refractivity contribution in [2.45, 2.75) is 32.6 Å². The fraction of sp³-hybridized carbons (Fsp3) is 0.500. The summed E-state index contributed by atoms with van der Waals surface area (Å²) in [4.78, 5) is 0. The van der Waals surface area contributed by atoms with Gasteiger partial charge >= 0.3 is 0 Å². The van der Waals surface area contributed by atoms with Crippen molar-refractivity contribution in [1.82, 2.24) is 0 Å². The van der Waals surface area contributed by atoms with Crippen LogP contribution in [0.4, 0.5) is 0 Å². The minimum atomic E-state index is 0.638. The first-order valence-electron chi connectivity index (χ1n) is 3.96. The zero-order valence-electron chi connectivity index (χ0n) is 6.91. The summed E-state index contributed by atoms with van der Waals surface area (Å²) in [6, 6.07) is 0. The third kappa shape index (κ3) is 4.38. The molecule has 58 valence electrons. The van der Waals surface area contributed by atoms with Gasteiger partial charge in [-0.15, -0.1) is 5.92 Å². The first-order chi connectivity index (χ1) is 5.29. The first-order valence-corrected chi connectivity index (χ1v) is 3.96. The van der Waals surface area contributed by atoms with Crippen LogP contribution in [0.15, 0.2) is 11.6 Å². The lowest BCUT2D eigenvalue weighted by atomic mass is 10.2. The molecule has 0 fully saturated rings. The van der Waals surface area contributed by atoms with Gasteiger partial charge in [0.25, 0.3) is 0 Å². The van der Waals surface area contributed by atoms with Crippen LogP contribution in [-0.4, -0.2) is 5.71 Å². The summed E-state index contributed by atoms with van der Waals surface area (Å²) in [6.07, 6.45) is 6.21. The average molecular weight is 147 g/mol. The van der Waals surface area contributed by atoms with Crippen LogP contribution in [0.5, 0.6) is 0 Å². The highest BCUT2D eigenvalue weighted by atomic mass is 14.4. The maximum atomic E-state index is 7.11. The topological polar surface area (TPSA) is 23.9 Å². The van der Waals surface area contributed by atoms with Crippen LogP contribution >= 0.6 is 0 Å². The molecule has 1 heteroatoms. The second kappa shape index (κ2) is 3.98. The lowest BCUT2D eigenvalue weighted by molar-refractivity contribution is 1.03. The number of nitrogens with one attached hydrogen (secondary N) is 1. The molecular weight excluding hydrogens is 134 g/mol. The standard InChI is InChI=1S/C10H13N/c1-9(11)5-3-2-4-6-10-7-8-10/h7,11H,4-6,8H2,1H3. The molecule has 1 aliphatic carbocycles. The summed E-state index contributed by atoms with van der Waals surface area (Å²) < 4.78 is 0. The minimum Gasteiger partial charge on any atom is -0.309 e. The fourth-order valence-electron chi connectivity index (χ4n) is 0.783. The Hall–Kier alpha value is -1.03. The molecule has 1 nitrogen and oxygen atoms in total. The highest BCUT2D eigenvalue weighted by molar-refractivity contribution is 5.80. The SMILES string of the molecule is CC(=N)CC#CCCC1=CC1. The molecule has 0 aromatic carbocycles. The maximum absolute atomic E-state index is 7.11. The molecule has 0 amide bonds.